The summed E-state index contributed by atoms with van der Waals surface area (Å²) < 4.78 is 0.729. The van der Waals surface area contributed by atoms with Crippen molar-refractivity contribution in [1.82, 2.24) is 0 Å². The van der Waals surface area contributed by atoms with Crippen LogP contribution in [0.25, 0.3) is 0 Å². The summed E-state index contributed by atoms with van der Waals surface area (Å²) in [6.45, 7) is 0.507. The van der Waals surface area contributed by atoms with Crippen LogP contribution in [0, 0.1) is 11.3 Å². The fourth-order valence-corrected chi connectivity index (χ4v) is 2.29. The van der Waals surface area contributed by atoms with Crippen molar-refractivity contribution in [2.75, 3.05) is 11.4 Å². The molecule has 0 bridgehead atoms. The van der Waals surface area contributed by atoms with Gasteiger partial charge < -0.3 is 4.90 Å². The average Bonchev–Trinajstić information content (AvgIpc) is 2.59. The van der Waals surface area contributed by atoms with E-state index in [-0.39, 0.29) is 11.3 Å². The molecule has 2 rings (SSSR count). The van der Waals surface area contributed by atoms with Gasteiger partial charge in [-0.15, -0.1) is 11.6 Å². The zero-order valence-electron chi connectivity index (χ0n) is 8.28. The Balaban J connectivity index is 2.35. The highest BCUT2D eigenvalue weighted by atomic mass is 79.9. The Morgan fingerprint density at radius 1 is 1.56 bits per heavy atom. The highest BCUT2D eigenvalue weighted by Gasteiger charge is 2.29. The van der Waals surface area contributed by atoms with Crippen molar-refractivity contribution in [3.8, 4) is 6.07 Å². The van der Waals surface area contributed by atoms with E-state index in [1.807, 2.05) is 0 Å². The van der Waals surface area contributed by atoms with Crippen LogP contribution in [0.2, 0.25) is 0 Å². The molecule has 0 aliphatic carbocycles. The monoisotopic (exact) mass is 298 g/mol. The number of benzene rings is 1. The summed E-state index contributed by atoms with van der Waals surface area (Å²) in [4.78, 5) is 13.2. The zero-order valence-corrected chi connectivity index (χ0v) is 10.6. The van der Waals surface area contributed by atoms with Crippen molar-refractivity contribution in [2.45, 2.75) is 11.8 Å². The minimum absolute atomic E-state index is 0.00575. The lowest BCUT2D eigenvalue weighted by Crippen LogP contribution is -2.24. The van der Waals surface area contributed by atoms with E-state index >= 15 is 0 Å². The first-order chi connectivity index (χ1) is 7.61. The molecule has 1 saturated heterocycles. The van der Waals surface area contributed by atoms with Crippen LogP contribution in [-0.4, -0.2) is 17.8 Å². The van der Waals surface area contributed by atoms with E-state index in [1.54, 1.807) is 23.1 Å². The third-order valence-electron chi connectivity index (χ3n) is 2.46. The maximum Gasteiger partial charge on any atom is 0.228 e. The Labute approximate surface area is 107 Å². The molecule has 0 aromatic heterocycles. The predicted octanol–water partition coefficient (Wildman–Crippen LogP) is 2.66. The number of hydrogen-bond acceptors (Lipinski definition) is 2. The second-order valence-corrected chi connectivity index (χ2v) is 5.05. The molecule has 1 unspecified atom stereocenters. The van der Waals surface area contributed by atoms with Gasteiger partial charge in [0.2, 0.25) is 5.91 Å². The summed E-state index contributed by atoms with van der Waals surface area (Å²) in [5.74, 6) is 0.00575. The van der Waals surface area contributed by atoms with Crippen LogP contribution in [0.5, 0.6) is 0 Å². The summed E-state index contributed by atoms with van der Waals surface area (Å²) in [6, 6.07) is 7.33. The lowest BCUT2D eigenvalue weighted by molar-refractivity contribution is -0.117. The summed E-state index contributed by atoms with van der Waals surface area (Å²) >= 11 is 9.19. The number of anilines is 1. The van der Waals surface area contributed by atoms with Gasteiger partial charge >= 0.3 is 0 Å². The van der Waals surface area contributed by atoms with Gasteiger partial charge in [0.05, 0.1) is 10.9 Å². The van der Waals surface area contributed by atoms with Gasteiger partial charge in [-0.05, 0) is 34.1 Å². The smallest absolute Gasteiger partial charge is 0.228 e. The van der Waals surface area contributed by atoms with Gasteiger partial charge in [-0.2, -0.15) is 5.26 Å². The van der Waals surface area contributed by atoms with Crippen LogP contribution in [-0.2, 0) is 4.79 Å². The Kier molecular flexibility index (Phi) is 3.17. The third kappa shape index (κ3) is 2.06. The second-order valence-electron chi connectivity index (χ2n) is 3.58. The highest BCUT2D eigenvalue weighted by Crippen LogP contribution is 2.27. The lowest BCUT2D eigenvalue weighted by Gasteiger charge is -2.16. The van der Waals surface area contributed by atoms with Gasteiger partial charge in [-0.25, -0.2) is 0 Å². The molecular weight excluding hydrogens is 291 g/mol. The topological polar surface area (TPSA) is 44.1 Å². The molecule has 1 heterocycles. The molecule has 1 atom stereocenters. The number of hydrogen-bond donors (Lipinski definition) is 0. The fourth-order valence-electron chi connectivity index (χ4n) is 1.68. The molecular formula is C11H8BrClN2O. The van der Waals surface area contributed by atoms with Crippen LogP contribution < -0.4 is 4.90 Å². The average molecular weight is 300 g/mol. The van der Waals surface area contributed by atoms with Crippen molar-refractivity contribution in [3.63, 3.8) is 0 Å². The number of amides is 1. The van der Waals surface area contributed by atoms with Gasteiger partial charge in [0, 0.05) is 23.1 Å². The number of nitrogens with zero attached hydrogens (tertiary/aromatic N) is 2. The largest absolute Gasteiger partial charge is 0.311 e. The first kappa shape index (κ1) is 11.4. The van der Waals surface area contributed by atoms with E-state index in [0.29, 0.717) is 18.5 Å². The molecule has 0 spiro atoms. The van der Waals surface area contributed by atoms with E-state index in [0.717, 1.165) is 10.2 Å². The van der Waals surface area contributed by atoms with Crippen molar-refractivity contribution in [2.24, 2.45) is 0 Å². The number of carbonyl (C=O) groups is 1. The maximum atomic E-state index is 11.6. The van der Waals surface area contributed by atoms with Gasteiger partial charge in [0.15, 0.2) is 0 Å². The second kappa shape index (κ2) is 4.44. The van der Waals surface area contributed by atoms with Crippen LogP contribution >= 0.6 is 27.5 Å². The number of rotatable bonds is 1. The molecule has 1 aromatic rings. The molecule has 1 fully saturated rings. The van der Waals surface area contributed by atoms with Crippen LogP contribution in [0.1, 0.15) is 12.0 Å². The molecule has 5 heteroatoms. The Morgan fingerprint density at radius 2 is 2.31 bits per heavy atom. The molecule has 1 amide bonds. The Morgan fingerprint density at radius 3 is 2.88 bits per heavy atom. The van der Waals surface area contributed by atoms with E-state index in [9.17, 15) is 4.79 Å². The van der Waals surface area contributed by atoms with Crippen LogP contribution in [0.4, 0.5) is 5.69 Å². The molecule has 0 saturated carbocycles. The van der Waals surface area contributed by atoms with Crippen molar-refractivity contribution < 1.29 is 4.79 Å². The van der Waals surface area contributed by atoms with Crippen LogP contribution in [0.15, 0.2) is 22.7 Å². The van der Waals surface area contributed by atoms with E-state index in [4.69, 9.17) is 16.9 Å². The fraction of sp³-hybridized carbons (Fsp3) is 0.273. The van der Waals surface area contributed by atoms with Gasteiger partial charge in [0.1, 0.15) is 6.07 Å². The lowest BCUT2D eigenvalue weighted by atomic mass is 10.2. The minimum atomic E-state index is -0.137. The van der Waals surface area contributed by atoms with E-state index in [2.05, 4.69) is 22.0 Å². The molecule has 82 valence electrons. The SMILES string of the molecule is N#Cc1cc(N2CC(Cl)CC2=O)ccc1Br. The molecule has 0 radical (unpaired) electrons. The quantitative estimate of drug-likeness (QED) is 0.748. The van der Waals surface area contributed by atoms with Crippen LogP contribution in [0.3, 0.4) is 0 Å². The minimum Gasteiger partial charge on any atom is -0.311 e. The molecule has 1 aliphatic heterocycles. The normalized spacial score (nSPS) is 19.9. The van der Waals surface area contributed by atoms with Crippen molar-refractivity contribution in [3.05, 3.63) is 28.2 Å². The van der Waals surface area contributed by atoms with E-state index in [1.165, 1.54) is 0 Å². The van der Waals surface area contributed by atoms with Gasteiger partial charge in [-0.1, -0.05) is 0 Å². The molecule has 3 nitrogen and oxygen atoms in total. The first-order valence-corrected chi connectivity index (χ1v) is 5.99. The molecule has 1 aliphatic rings. The summed E-state index contributed by atoms with van der Waals surface area (Å²) in [5, 5.41) is 8.76. The zero-order chi connectivity index (χ0) is 11.7. The van der Waals surface area contributed by atoms with Gasteiger partial charge in [-0.3, -0.25) is 4.79 Å². The summed E-state index contributed by atoms with van der Waals surface area (Å²) in [5.41, 5.74) is 1.25. The Bertz CT molecular complexity index is 483. The number of nitriles is 1. The van der Waals surface area contributed by atoms with E-state index < -0.39 is 0 Å². The molecule has 16 heavy (non-hydrogen) atoms. The third-order valence-corrected chi connectivity index (χ3v) is 3.44. The molecule has 1 aromatic carbocycles. The predicted molar refractivity (Wildman–Crippen MR) is 65.5 cm³/mol. The number of carbonyl (C=O) groups excluding carboxylic acids is 1. The first-order valence-electron chi connectivity index (χ1n) is 4.76. The summed E-state index contributed by atoms with van der Waals surface area (Å²) in [7, 11) is 0. The number of halogens is 2. The molecule has 0 N–H and O–H groups in total. The standard InChI is InChI=1S/C11H8BrClN2O/c12-10-2-1-9(3-7(10)5-14)15-6-8(13)4-11(15)16/h1-3,8H,4,6H2. The van der Waals surface area contributed by atoms with Crippen molar-refractivity contribution >= 4 is 39.1 Å². The summed E-state index contributed by atoms with van der Waals surface area (Å²) in [6.07, 6.45) is 0.361. The maximum absolute atomic E-state index is 11.6. The van der Waals surface area contributed by atoms with Gasteiger partial charge in [0.25, 0.3) is 0 Å². The number of alkyl halides is 1. The van der Waals surface area contributed by atoms with Crippen molar-refractivity contribution in [1.29, 1.82) is 5.26 Å². The highest BCUT2D eigenvalue weighted by molar-refractivity contribution is 9.10. The Hall–Kier alpha value is -1.05.